The first-order valence-corrected chi connectivity index (χ1v) is 11.2. The molecule has 1 heterocycles. The number of hydrogen-bond donors (Lipinski definition) is 1. The van der Waals surface area contributed by atoms with Gasteiger partial charge in [0.15, 0.2) is 11.5 Å². The minimum absolute atomic E-state index is 0.0786. The zero-order chi connectivity index (χ0) is 25.8. The molecule has 3 aromatic rings. The molecule has 1 aliphatic heterocycles. The highest BCUT2D eigenvalue weighted by Crippen LogP contribution is 2.38. The van der Waals surface area contributed by atoms with Crippen LogP contribution in [-0.4, -0.2) is 24.5 Å². The van der Waals surface area contributed by atoms with Crippen LogP contribution in [0.15, 0.2) is 66.2 Å². The number of hydrogen-bond acceptors (Lipinski definition) is 5. The summed E-state index contributed by atoms with van der Waals surface area (Å²) < 4.78 is 39.6. The molecule has 0 aliphatic carbocycles. The Labute approximate surface area is 209 Å². The van der Waals surface area contributed by atoms with E-state index in [9.17, 15) is 23.2 Å². The van der Waals surface area contributed by atoms with Gasteiger partial charge in [0, 0.05) is 5.56 Å². The first-order valence-electron chi connectivity index (χ1n) is 10.8. The third-order valence-electron chi connectivity index (χ3n) is 5.17. The van der Waals surface area contributed by atoms with Crippen LogP contribution in [0.1, 0.15) is 18.1 Å². The van der Waals surface area contributed by atoms with E-state index < -0.39 is 35.1 Å². The van der Waals surface area contributed by atoms with E-state index in [2.05, 4.69) is 0 Å². The number of rotatable bonds is 7. The molecule has 1 fully saturated rings. The standard InChI is InChI=1S/C26H19ClF2N2O5/c1-2-35-22-13-15(12-18(27)23(22)36-14-16-7-3-4-8-19(16)28)11-17-24(32)30-26(34)31(25(17)33)21-10-6-5-9-20(21)29/h3-13H,2,14H2,1H3,(H,30,32,34)/b17-11-. The van der Waals surface area contributed by atoms with E-state index in [1.807, 2.05) is 5.32 Å². The lowest BCUT2D eigenvalue weighted by atomic mass is 10.1. The van der Waals surface area contributed by atoms with Gasteiger partial charge in [0.1, 0.15) is 23.8 Å². The highest BCUT2D eigenvalue weighted by molar-refractivity contribution is 6.39. The fourth-order valence-electron chi connectivity index (χ4n) is 3.52. The second-order valence-electron chi connectivity index (χ2n) is 7.55. The van der Waals surface area contributed by atoms with Gasteiger partial charge in [0.2, 0.25) is 0 Å². The van der Waals surface area contributed by atoms with Crippen LogP contribution in [0.2, 0.25) is 5.02 Å². The van der Waals surface area contributed by atoms with Gasteiger partial charge in [-0.3, -0.25) is 14.9 Å². The summed E-state index contributed by atoms with van der Waals surface area (Å²) in [7, 11) is 0. The number of amides is 4. The lowest BCUT2D eigenvalue weighted by Crippen LogP contribution is -2.54. The van der Waals surface area contributed by atoms with E-state index in [0.717, 1.165) is 6.07 Å². The van der Waals surface area contributed by atoms with Gasteiger partial charge in [-0.1, -0.05) is 41.9 Å². The summed E-state index contributed by atoms with van der Waals surface area (Å²) in [6.45, 7) is 1.85. The summed E-state index contributed by atoms with van der Waals surface area (Å²) >= 11 is 6.41. The van der Waals surface area contributed by atoms with Crippen LogP contribution in [0.4, 0.5) is 19.3 Å². The molecule has 0 atom stereocenters. The van der Waals surface area contributed by atoms with Crippen LogP contribution < -0.4 is 19.7 Å². The maximum atomic E-state index is 14.3. The van der Waals surface area contributed by atoms with E-state index in [1.165, 1.54) is 42.5 Å². The second-order valence-corrected chi connectivity index (χ2v) is 7.96. The van der Waals surface area contributed by atoms with Crippen molar-refractivity contribution in [1.29, 1.82) is 0 Å². The molecule has 184 valence electrons. The van der Waals surface area contributed by atoms with Crippen molar-refractivity contribution in [2.45, 2.75) is 13.5 Å². The van der Waals surface area contributed by atoms with E-state index in [0.29, 0.717) is 10.5 Å². The monoisotopic (exact) mass is 512 g/mol. The molecule has 1 aliphatic rings. The van der Waals surface area contributed by atoms with E-state index >= 15 is 0 Å². The fraction of sp³-hybridized carbons (Fsp3) is 0.115. The molecule has 0 saturated carbocycles. The molecule has 10 heteroatoms. The first kappa shape index (κ1) is 24.9. The molecule has 4 rings (SSSR count). The average Bonchev–Trinajstić information content (AvgIpc) is 2.83. The van der Waals surface area contributed by atoms with E-state index in [-0.39, 0.29) is 41.0 Å². The number of carbonyl (C=O) groups is 3. The van der Waals surface area contributed by atoms with Gasteiger partial charge in [-0.15, -0.1) is 0 Å². The predicted octanol–water partition coefficient (Wildman–Crippen LogP) is 5.26. The van der Waals surface area contributed by atoms with Gasteiger partial charge in [0.25, 0.3) is 11.8 Å². The second kappa shape index (κ2) is 10.6. The molecule has 1 N–H and O–H groups in total. The van der Waals surface area contributed by atoms with Gasteiger partial charge in [-0.05, 0) is 48.9 Å². The first-order chi connectivity index (χ1) is 17.3. The zero-order valence-electron chi connectivity index (χ0n) is 18.9. The number of para-hydroxylation sites is 1. The lowest BCUT2D eigenvalue weighted by molar-refractivity contribution is -0.122. The number of ether oxygens (including phenoxy) is 2. The normalized spacial score (nSPS) is 14.7. The van der Waals surface area contributed by atoms with Crippen molar-refractivity contribution in [3.63, 3.8) is 0 Å². The Balaban J connectivity index is 1.68. The van der Waals surface area contributed by atoms with Crippen molar-refractivity contribution in [3.8, 4) is 11.5 Å². The Morgan fingerprint density at radius 1 is 0.972 bits per heavy atom. The van der Waals surface area contributed by atoms with Crippen molar-refractivity contribution < 1.29 is 32.6 Å². The molecule has 0 unspecified atom stereocenters. The third-order valence-corrected chi connectivity index (χ3v) is 5.45. The number of anilines is 1. The average molecular weight is 513 g/mol. The molecule has 3 aromatic carbocycles. The third kappa shape index (κ3) is 5.06. The van der Waals surface area contributed by atoms with Gasteiger partial charge in [-0.25, -0.2) is 18.5 Å². The summed E-state index contributed by atoms with van der Waals surface area (Å²) in [5.41, 5.74) is -0.132. The van der Waals surface area contributed by atoms with Gasteiger partial charge in [0.05, 0.1) is 17.3 Å². The zero-order valence-corrected chi connectivity index (χ0v) is 19.6. The number of carbonyl (C=O) groups excluding carboxylic acids is 3. The van der Waals surface area contributed by atoms with Crippen molar-refractivity contribution in [3.05, 3.63) is 94.0 Å². The molecule has 36 heavy (non-hydrogen) atoms. The van der Waals surface area contributed by atoms with Gasteiger partial charge in [-0.2, -0.15) is 0 Å². The number of barbiturate groups is 1. The van der Waals surface area contributed by atoms with E-state index in [1.54, 1.807) is 25.1 Å². The molecule has 0 spiro atoms. The summed E-state index contributed by atoms with van der Waals surface area (Å²) in [5, 5.41) is 2.11. The Bertz CT molecular complexity index is 1390. The molecular weight excluding hydrogens is 494 g/mol. The summed E-state index contributed by atoms with van der Waals surface area (Å²) in [6, 6.07) is 13.1. The maximum Gasteiger partial charge on any atom is 0.336 e. The lowest BCUT2D eigenvalue weighted by Gasteiger charge is -2.26. The van der Waals surface area contributed by atoms with Crippen molar-refractivity contribution in [2.75, 3.05) is 11.5 Å². The van der Waals surface area contributed by atoms with Crippen molar-refractivity contribution in [2.24, 2.45) is 0 Å². The van der Waals surface area contributed by atoms with Crippen LogP contribution in [0.3, 0.4) is 0 Å². The molecule has 0 aromatic heterocycles. The fourth-order valence-corrected chi connectivity index (χ4v) is 3.79. The van der Waals surface area contributed by atoms with Crippen molar-refractivity contribution >= 4 is 41.2 Å². The van der Waals surface area contributed by atoms with Crippen LogP contribution in [0, 0.1) is 11.6 Å². The number of halogens is 3. The van der Waals surface area contributed by atoms with Crippen LogP contribution in [0.25, 0.3) is 6.08 Å². The SMILES string of the molecule is CCOc1cc(/C=C2/C(=O)NC(=O)N(c3ccccc3F)C2=O)cc(Cl)c1OCc1ccccc1F. The van der Waals surface area contributed by atoms with Crippen LogP contribution in [0.5, 0.6) is 11.5 Å². The molecule has 7 nitrogen and oxygen atoms in total. The largest absolute Gasteiger partial charge is 0.490 e. The number of nitrogens with one attached hydrogen (secondary N) is 1. The molecule has 4 amide bonds. The van der Waals surface area contributed by atoms with Crippen LogP contribution in [-0.2, 0) is 16.2 Å². The Morgan fingerprint density at radius 2 is 1.67 bits per heavy atom. The molecule has 0 bridgehead atoms. The van der Waals surface area contributed by atoms with E-state index in [4.69, 9.17) is 21.1 Å². The van der Waals surface area contributed by atoms with Gasteiger partial charge >= 0.3 is 6.03 Å². The van der Waals surface area contributed by atoms with Crippen molar-refractivity contribution in [1.82, 2.24) is 5.32 Å². The minimum atomic E-state index is -1.07. The Morgan fingerprint density at radius 3 is 2.36 bits per heavy atom. The molecular formula is C26H19ClF2N2O5. The number of urea groups is 1. The number of benzene rings is 3. The maximum absolute atomic E-state index is 14.3. The topological polar surface area (TPSA) is 84.9 Å². The summed E-state index contributed by atoms with van der Waals surface area (Å²) in [5.74, 6) is -2.88. The molecule has 0 radical (unpaired) electrons. The smallest absolute Gasteiger partial charge is 0.336 e. The quantitative estimate of drug-likeness (QED) is 0.345. The Hall–Kier alpha value is -4.24. The summed E-state index contributed by atoms with van der Waals surface area (Å²) in [4.78, 5) is 38.4. The molecule has 1 saturated heterocycles. The number of nitrogens with zero attached hydrogens (tertiary/aromatic N) is 1. The number of imide groups is 2. The summed E-state index contributed by atoms with van der Waals surface area (Å²) in [6.07, 6.45) is 1.20. The minimum Gasteiger partial charge on any atom is -0.490 e. The highest BCUT2D eigenvalue weighted by Gasteiger charge is 2.38. The highest BCUT2D eigenvalue weighted by atomic mass is 35.5. The Kier molecular flexibility index (Phi) is 7.30. The predicted molar refractivity (Wildman–Crippen MR) is 129 cm³/mol. The van der Waals surface area contributed by atoms with Gasteiger partial charge < -0.3 is 9.47 Å². The van der Waals surface area contributed by atoms with Crippen LogP contribution >= 0.6 is 11.6 Å².